The monoisotopic (exact) mass is 545 g/mol. The van der Waals surface area contributed by atoms with E-state index < -0.39 is 23.5 Å². The Morgan fingerprint density at radius 3 is 2.38 bits per heavy atom. The summed E-state index contributed by atoms with van der Waals surface area (Å²) < 4.78 is 10.7. The van der Waals surface area contributed by atoms with Gasteiger partial charge in [-0.3, -0.25) is 19.7 Å². The van der Waals surface area contributed by atoms with Gasteiger partial charge in [0, 0.05) is 32.1 Å². The molecule has 0 aliphatic carbocycles. The molecule has 0 aromatic heterocycles. The van der Waals surface area contributed by atoms with E-state index in [0.29, 0.717) is 15.6 Å². The molecule has 0 aliphatic rings. The number of rotatable bonds is 11. The molecular weight excluding hydrogens is 521 g/mol. The van der Waals surface area contributed by atoms with Gasteiger partial charge in [0.05, 0.1) is 22.1 Å². The highest BCUT2D eigenvalue weighted by atomic mass is 35.5. The number of carbonyl (C=O) groups is 2. The smallest absolute Gasteiger partial charge is 0.311 e. The number of hydrogen-bond acceptors (Lipinski definition) is 6. The Kier molecular flexibility index (Phi) is 9.71. The van der Waals surface area contributed by atoms with Gasteiger partial charge in [-0.1, -0.05) is 59.6 Å². The minimum Gasteiger partial charge on any atom is -0.490 e. The first kappa shape index (κ1) is 27.8. The number of ether oxygens (including phenoxy) is 2. The summed E-state index contributed by atoms with van der Waals surface area (Å²) in [7, 11) is 2.80. The third-order valence-corrected chi connectivity index (χ3v) is 6.30. The van der Waals surface area contributed by atoms with Gasteiger partial charge in [0.25, 0.3) is 5.91 Å². The zero-order chi connectivity index (χ0) is 26.9. The van der Waals surface area contributed by atoms with E-state index in [9.17, 15) is 19.7 Å². The van der Waals surface area contributed by atoms with Crippen LogP contribution in [0.25, 0.3) is 0 Å². The Balaban J connectivity index is 1.90. The standard InChI is InChI=1S/C26H25Cl2N3O6/c1-29-26(33)23(13-17-6-4-3-5-7-17)30(15-18-8-10-20(27)21(28)12-18)25(32)16-37-19-9-11-22(31(34)35)24(14-19)36-2/h3-12,14,23H,13,15-16H2,1-2H3,(H,29,33)/t23-/m0/s1. The van der Waals surface area contributed by atoms with Crippen LogP contribution in [0.2, 0.25) is 10.0 Å². The van der Waals surface area contributed by atoms with Crippen molar-refractivity contribution >= 4 is 40.7 Å². The van der Waals surface area contributed by atoms with E-state index in [2.05, 4.69) is 5.32 Å². The summed E-state index contributed by atoms with van der Waals surface area (Å²) in [6, 6.07) is 17.4. The number of nitrogens with zero attached hydrogens (tertiary/aromatic N) is 2. The molecule has 37 heavy (non-hydrogen) atoms. The number of carbonyl (C=O) groups excluding carboxylic acids is 2. The lowest BCUT2D eigenvalue weighted by Crippen LogP contribution is -2.51. The van der Waals surface area contributed by atoms with Crippen molar-refractivity contribution in [2.24, 2.45) is 0 Å². The molecule has 0 bridgehead atoms. The van der Waals surface area contributed by atoms with E-state index in [-0.39, 0.29) is 36.1 Å². The first-order valence-electron chi connectivity index (χ1n) is 11.2. The number of halogens is 2. The van der Waals surface area contributed by atoms with Crippen molar-refractivity contribution < 1.29 is 24.0 Å². The van der Waals surface area contributed by atoms with Gasteiger partial charge in [-0.05, 0) is 29.3 Å². The third kappa shape index (κ3) is 7.34. The van der Waals surface area contributed by atoms with Gasteiger partial charge in [0.15, 0.2) is 6.61 Å². The van der Waals surface area contributed by atoms with Crippen molar-refractivity contribution in [3.05, 3.63) is 98.0 Å². The molecule has 3 aromatic carbocycles. The number of nitro groups is 1. The lowest BCUT2D eigenvalue weighted by Gasteiger charge is -2.31. The summed E-state index contributed by atoms with van der Waals surface area (Å²) in [6.07, 6.45) is 0.263. The second-order valence-corrected chi connectivity index (χ2v) is 8.78. The molecule has 1 N–H and O–H groups in total. The van der Waals surface area contributed by atoms with E-state index in [1.54, 1.807) is 18.2 Å². The van der Waals surface area contributed by atoms with E-state index in [1.165, 1.54) is 37.3 Å². The molecule has 0 fully saturated rings. The highest BCUT2D eigenvalue weighted by Crippen LogP contribution is 2.31. The van der Waals surface area contributed by atoms with Gasteiger partial charge in [-0.2, -0.15) is 0 Å². The summed E-state index contributed by atoms with van der Waals surface area (Å²) in [5.41, 5.74) is 1.30. The molecule has 0 radical (unpaired) electrons. The first-order chi connectivity index (χ1) is 17.7. The zero-order valence-electron chi connectivity index (χ0n) is 20.1. The van der Waals surface area contributed by atoms with E-state index >= 15 is 0 Å². The largest absolute Gasteiger partial charge is 0.490 e. The van der Waals surface area contributed by atoms with Gasteiger partial charge >= 0.3 is 5.69 Å². The molecule has 2 amide bonds. The molecule has 0 heterocycles. The van der Waals surface area contributed by atoms with E-state index in [0.717, 1.165) is 5.56 Å². The summed E-state index contributed by atoms with van der Waals surface area (Å²) in [5, 5.41) is 14.5. The summed E-state index contributed by atoms with van der Waals surface area (Å²) >= 11 is 12.2. The molecule has 0 saturated heterocycles. The van der Waals surface area contributed by atoms with E-state index in [1.807, 2.05) is 30.3 Å². The van der Waals surface area contributed by atoms with Gasteiger partial charge in [0.1, 0.15) is 11.8 Å². The molecule has 0 aliphatic heterocycles. The lowest BCUT2D eigenvalue weighted by atomic mass is 10.0. The number of nitrogens with one attached hydrogen (secondary N) is 1. The van der Waals surface area contributed by atoms with Crippen LogP contribution in [-0.4, -0.2) is 48.4 Å². The van der Waals surface area contributed by atoms with Crippen molar-refractivity contribution in [2.75, 3.05) is 20.8 Å². The maximum Gasteiger partial charge on any atom is 0.311 e. The van der Waals surface area contributed by atoms with Crippen LogP contribution in [0, 0.1) is 10.1 Å². The van der Waals surface area contributed by atoms with Gasteiger partial charge in [0.2, 0.25) is 11.7 Å². The molecule has 1 atom stereocenters. The number of benzene rings is 3. The van der Waals surface area contributed by atoms with Crippen LogP contribution in [-0.2, 0) is 22.6 Å². The maximum atomic E-state index is 13.5. The number of hydrogen-bond donors (Lipinski definition) is 1. The molecule has 9 nitrogen and oxygen atoms in total. The molecule has 194 valence electrons. The Labute approximate surface area is 224 Å². The Hall–Kier alpha value is -3.82. The average molecular weight is 546 g/mol. The van der Waals surface area contributed by atoms with Crippen molar-refractivity contribution in [1.82, 2.24) is 10.2 Å². The van der Waals surface area contributed by atoms with Crippen LogP contribution in [0.1, 0.15) is 11.1 Å². The molecular formula is C26H25Cl2N3O6. The Bertz CT molecular complexity index is 1270. The summed E-state index contributed by atoms with van der Waals surface area (Å²) in [6.45, 7) is -0.363. The molecule has 3 aromatic rings. The molecule has 3 rings (SSSR count). The van der Waals surface area contributed by atoms with Crippen molar-refractivity contribution in [3.8, 4) is 11.5 Å². The third-order valence-electron chi connectivity index (χ3n) is 5.56. The van der Waals surface area contributed by atoms with Gasteiger partial charge in [-0.25, -0.2) is 0 Å². The molecule has 0 unspecified atom stereocenters. The predicted molar refractivity (Wildman–Crippen MR) is 140 cm³/mol. The van der Waals surface area contributed by atoms with Crippen molar-refractivity contribution in [3.63, 3.8) is 0 Å². The minimum absolute atomic E-state index is 0.00470. The van der Waals surface area contributed by atoms with Crippen molar-refractivity contribution in [2.45, 2.75) is 19.0 Å². The quantitative estimate of drug-likeness (QED) is 0.276. The van der Waals surface area contributed by atoms with Crippen LogP contribution >= 0.6 is 23.2 Å². The van der Waals surface area contributed by atoms with Gasteiger partial charge in [-0.15, -0.1) is 0 Å². The van der Waals surface area contributed by atoms with Crippen LogP contribution in [0.4, 0.5) is 5.69 Å². The van der Waals surface area contributed by atoms with Crippen LogP contribution in [0.15, 0.2) is 66.7 Å². The average Bonchev–Trinajstić information content (AvgIpc) is 2.91. The second-order valence-electron chi connectivity index (χ2n) is 7.97. The molecule has 0 spiro atoms. The SMILES string of the molecule is CNC(=O)[C@H](Cc1ccccc1)N(Cc1ccc(Cl)c(Cl)c1)C(=O)COc1ccc([N+](=O)[O-])c(OC)c1. The van der Waals surface area contributed by atoms with Crippen LogP contribution in [0.3, 0.4) is 0 Å². The molecule has 0 saturated carbocycles. The van der Waals surface area contributed by atoms with E-state index in [4.69, 9.17) is 32.7 Å². The minimum atomic E-state index is -0.857. The lowest BCUT2D eigenvalue weighted by molar-refractivity contribution is -0.385. The van der Waals surface area contributed by atoms with Crippen LogP contribution in [0.5, 0.6) is 11.5 Å². The Morgan fingerprint density at radius 2 is 1.76 bits per heavy atom. The fraction of sp³-hybridized carbons (Fsp3) is 0.231. The van der Waals surface area contributed by atoms with Crippen LogP contribution < -0.4 is 14.8 Å². The second kappa shape index (κ2) is 12.9. The predicted octanol–water partition coefficient (Wildman–Crippen LogP) is 4.68. The highest BCUT2D eigenvalue weighted by molar-refractivity contribution is 6.42. The normalized spacial score (nSPS) is 11.4. The molecule has 11 heteroatoms. The number of methoxy groups -OCH3 is 1. The van der Waals surface area contributed by atoms with Crippen molar-refractivity contribution in [1.29, 1.82) is 0 Å². The highest BCUT2D eigenvalue weighted by Gasteiger charge is 2.30. The zero-order valence-corrected chi connectivity index (χ0v) is 21.7. The maximum absolute atomic E-state index is 13.5. The van der Waals surface area contributed by atoms with Gasteiger partial charge < -0.3 is 19.7 Å². The Morgan fingerprint density at radius 1 is 1.03 bits per heavy atom. The summed E-state index contributed by atoms with van der Waals surface area (Å²) in [5.74, 6) is -0.637. The number of amides is 2. The fourth-order valence-corrected chi connectivity index (χ4v) is 4.00. The fourth-order valence-electron chi connectivity index (χ4n) is 3.68. The number of nitro benzene ring substituents is 1. The summed E-state index contributed by atoms with van der Waals surface area (Å²) in [4.78, 5) is 38.4. The first-order valence-corrected chi connectivity index (χ1v) is 11.9. The number of likely N-dealkylation sites (N-methyl/N-ethyl adjacent to an activating group) is 1. The topological polar surface area (TPSA) is 111 Å².